The van der Waals surface area contributed by atoms with Crippen molar-refractivity contribution in [3.63, 3.8) is 0 Å². The van der Waals surface area contributed by atoms with Crippen molar-refractivity contribution >= 4 is 34.1 Å². The van der Waals surface area contributed by atoms with E-state index in [1.165, 1.54) is 11.3 Å². The normalized spacial score (nSPS) is 23.2. The first-order valence-corrected chi connectivity index (χ1v) is 9.05. The zero-order valence-corrected chi connectivity index (χ0v) is 14.6. The number of aryl methyl sites for hydroxylation is 1. The van der Waals surface area contributed by atoms with Crippen LogP contribution in [-0.2, 0) is 27.2 Å². The van der Waals surface area contributed by atoms with Crippen LogP contribution in [0.25, 0.3) is 0 Å². The summed E-state index contributed by atoms with van der Waals surface area (Å²) in [6.45, 7) is 1.99. The lowest BCUT2D eigenvalue weighted by Crippen LogP contribution is -2.32. The highest BCUT2D eigenvalue weighted by Crippen LogP contribution is 2.38. The number of fused-ring (bicyclic) bond motifs is 1. The van der Waals surface area contributed by atoms with Gasteiger partial charge in [0.15, 0.2) is 0 Å². The van der Waals surface area contributed by atoms with Gasteiger partial charge in [-0.3, -0.25) is 14.4 Å². The average Bonchev–Trinajstić information content (AvgIpc) is 3.21. The molecule has 2 amide bonds. The topological polar surface area (TPSA) is 131 Å². The number of carbonyl (C=O) groups excluding carboxylic acids is 2. The Morgan fingerprint density at radius 2 is 2.16 bits per heavy atom. The third-order valence-corrected chi connectivity index (χ3v) is 5.77. The number of carboxylic acid groups (broad SMARTS) is 1. The van der Waals surface area contributed by atoms with Gasteiger partial charge in [-0.15, -0.1) is 11.3 Å². The lowest BCUT2D eigenvalue weighted by Gasteiger charge is -2.17. The Kier molecular flexibility index (Phi) is 5.07. The lowest BCUT2D eigenvalue weighted by molar-refractivity contribution is -0.139. The summed E-state index contributed by atoms with van der Waals surface area (Å²) < 4.78 is 5.65. The number of anilines is 1. The molecule has 5 N–H and O–H groups in total. The van der Waals surface area contributed by atoms with Gasteiger partial charge in [-0.1, -0.05) is 0 Å². The number of rotatable bonds is 6. The van der Waals surface area contributed by atoms with Crippen LogP contribution in [0, 0.1) is 0 Å². The van der Waals surface area contributed by atoms with Crippen LogP contribution in [0.4, 0.5) is 5.00 Å². The molecule has 8 nitrogen and oxygen atoms in total. The number of ether oxygens (including phenoxy) is 1. The second-order valence-corrected chi connectivity index (χ2v) is 7.46. The first-order valence-electron chi connectivity index (χ1n) is 8.23. The molecule has 0 saturated carbocycles. The third kappa shape index (κ3) is 3.68. The second-order valence-electron chi connectivity index (χ2n) is 6.35. The van der Waals surface area contributed by atoms with Crippen molar-refractivity contribution in [2.75, 3.05) is 11.9 Å². The number of hydrogen-bond donors (Lipinski definition) is 4. The van der Waals surface area contributed by atoms with E-state index in [-0.39, 0.29) is 12.0 Å². The predicted molar refractivity (Wildman–Crippen MR) is 91.9 cm³/mol. The quantitative estimate of drug-likeness (QED) is 0.579. The highest BCUT2D eigenvalue weighted by Gasteiger charge is 2.32. The van der Waals surface area contributed by atoms with Crippen LogP contribution < -0.4 is 16.4 Å². The maximum Gasteiger partial charge on any atom is 0.320 e. The zero-order chi connectivity index (χ0) is 18.1. The molecule has 0 radical (unpaired) electrons. The summed E-state index contributed by atoms with van der Waals surface area (Å²) in [6.07, 6.45) is 1.90. The van der Waals surface area contributed by atoms with E-state index >= 15 is 0 Å². The first kappa shape index (κ1) is 17.8. The van der Waals surface area contributed by atoms with Gasteiger partial charge in [-0.2, -0.15) is 0 Å². The molecule has 3 unspecified atom stereocenters. The summed E-state index contributed by atoms with van der Waals surface area (Å²) in [5.74, 6) is -1.84. The molecule has 2 aliphatic rings. The maximum absolute atomic E-state index is 12.4. The smallest absolute Gasteiger partial charge is 0.320 e. The molecular formula is C16H21N3O5S. The first-order chi connectivity index (χ1) is 11.9. The monoisotopic (exact) mass is 367 g/mol. The molecule has 1 aliphatic carbocycles. The number of carbonyl (C=O) groups is 3. The van der Waals surface area contributed by atoms with Crippen LogP contribution in [0.3, 0.4) is 0 Å². The second kappa shape index (κ2) is 7.11. The van der Waals surface area contributed by atoms with Gasteiger partial charge in [-0.25, -0.2) is 0 Å². The van der Waals surface area contributed by atoms with E-state index in [0.717, 1.165) is 29.7 Å². The van der Waals surface area contributed by atoms with E-state index in [1.54, 1.807) is 6.92 Å². The van der Waals surface area contributed by atoms with Gasteiger partial charge in [0.25, 0.3) is 11.8 Å². The summed E-state index contributed by atoms with van der Waals surface area (Å²) in [5, 5.41) is 15.0. The Hall–Kier alpha value is -1.97. The Bertz CT molecular complexity index is 717. The van der Waals surface area contributed by atoms with Crippen LogP contribution in [0.5, 0.6) is 0 Å². The fourth-order valence-corrected chi connectivity index (χ4v) is 4.61. The summed E-state index contributed by atoms with van der Waals surface area (Å²) in [5.41, 5.74) is 6.84. The fourth-order valence-electron chi connectivity index (χ4n) is 3.31. The van der Waals surface area contributed by atoms with Crippen molar-refractivity contribution in [3.8, 4) is 0 Å². The van der Waals surface area contributed by atoms with E-state index in [1.807, 2.05) is 0 Å². The van der Waals surface area contributed by atoms with E-state index in [0.29, 0.717) is 23.5 Å². The zero-order valence-electron chi connectivity index (χ0n) is 13.8. The van der Waals surface area contributed by atoms with E-state index in [9.17, 15) is 14.4 Å². The van der Waals surface area contributed by atoms with Crippen LogP contribution in [0.1, 0.15) is 40.6 Å². The molecule has 1 aromatic rings. The highest BCUT2D eigenvalue weighted by atomic mass is 32.1. The Morgan fingerprint density at radius 3 is 2.80 bits per heavy atom. The van der Waals surface area contributed by atoms with Crippen LogP contribution in [0.2, 0.25) is 0 Å². The van der Waals surface area contributed by atoms with E-state index in [4.69, 9.17) is 15.6 Å². The van der Waals surface area contributed by atoms with Gasteiger partial charge in [0.1, 0.15) is 17.1 Å². The van der Waals surface area contributed by atoms with Crippen molar-refractivity contribution < 1.29 is 24.2 Å². The molecule has 136 valence electrons. The number of nitrogens with one attached hydrogen (secondary N) is 2. The standard InChI is InChI=1S/C16H21N3O5S/c1-7(24-8-5-10(16(22)23)18-6-8)14(21)19-15-12(13(17)20)9-3-2-4-11(9)25-15/h7-8,10,18H,2-6H2,1H3,(H2,17,20)(H,19,21)(H,22,23). The molecule has 0 spiro atoms. The van der Waals surface area contributed by atoms with Gasteiger partial charge in [-0.05, 0) is 31.7 Å². The van der Waals surface area contributed by atoms with Crippen molar-refractivity contribution in [1.29, 1.82) is 0 Å². The SMILES string of the molecule is CC(OC1CNC(C(=O)O)C1)C(=O)Nc1sc2c(c1C(N)=O)CCC2. The van der Waals surface area contributed by atoms with Gasteiger partial charge >= 0.3 is 5.97 Å². The molecule has 25 heavy (non-hydrogen) atoms. The number of carboxylic acids is 1. The summed E-state index contributed by atoms with van der Waals surface area (Å²) >= 11 is 1.39. The van der Waals surface area contributed by atoms with Gasteiger partial charge in [0.2, 0.25) is 0 Å². The summed E-state index contributed by atoms with van der Waals surface area (Å²) in [4.78, 5) is 36.2. The van der Waals surface area contributed by atoms with Gasteiger partial charge in [0.05, 0.1) is 11.7 Å². The van der Waals surface area contributed by atoms with Gasteiger partial charge in [0, 0.05) is 17.8 Å². The van der Waals surface area contributed by atoms with E-state index in [2.05, 4.69) is 10.6 Å². The van der Waals surface area contributed by atoms with Crippen molar-refractivity contribution in [1.82, 2.24) is 5.32 Å². The molecular weight excluding hydrogens is 346 g/mol. The largest absolute Gasteiger partial charge is 0.480 e. The summed E-state index contributed by atoms with van der Waals surface area (Å²) in [7, 11) is 0. The molecule has 0 bridgehead atoms. The lowest BCUT2D eigenvalue weighted by atomic mass is 10.1. The molecule has 1 aromatic heterocycles. The molecule has 9 heteroatoms. The minimum absolute atomic E-state index is 0.312. The summed E-state index contributed by atoms with van der Waals surface area (Å²) in [6, 6.07) is -0.651. The van der Waals surface area contributed by atoms with Crippen molar-refractivity contribution in [3.05, 3.63) is 16.0 Å². The maximum atomic E-state index is 12.4. The molecule has 1 aliphatic heterocycles. The number of primary amides is 1. The van der Waals surface area contributed by atoms with Gasteiger partial charge < -0.3 is 26.2 Å². The minimum Gasteiger partial charge on any atom is -0.480 e. The fraction of sp³-hybridized carbons (Fsp3) is 0.562. The van der Waals surface area contributed by atoms with Crippen LogP contribution >= 0.6 is 11.3 Å². The predicted octanol–water partition coefficient (Wildman–Crippen LogP) is 0.494. The number of hydrogen-bond acceptors (Lipinski definition) is 6. The average molecular weight is 367 g/mol. The Labute approximate surface area is 148 Å². The molecule has 1 saturated heterocycles. The highest BCUT2D eigenvalue weighted by molar-refractivity contribution is 7.17. The molecule has 3 atom stereocenters. The molecule has 3 rings (SSSR count). The van der Waals surface area contributed by atoms with Crippen LogP contribution in [0.15, 0.2) is 0 Å². The number of aliphatic carboxylic acids is 1. The van der Waals surface area contributed by atoms with Crippen molar-refractivity contribution in [2.45, 2.75) is 50.9 Å². The number of amides is 2. The van der Waals surface area contributed by atoms with Crippen molar-refractivity contribution in [2.24, 2.45) is 5.73 Å². The Balaban J connectivity index is 1.63. The van der Waals surface area contributed by atoms with E-state index < -0.39 is 24.0 Å². The molecule has 1 fully saturated rings. The molecule has 0 aromatic carbocycles. The number of nitrogens with two attached hydrogens (primary N) is 1. The number of thiophene rings is 1. The molecule has 2 heterocycles. The Morgan fingerprint density at radius 1 is 1.40 bits per heavy atom. The minimum atomic E-state index is -0.928. The third-order valence-electron chi connectivity index (χ3n) is 4.56. The van der Waals surface area contributed by atoms with Crippen LogP contribution in [-0.4, -0.2) is 47.7 Å².